The molecule has 1 aliphatic rings. The average Bonchev–Trinajstić information content (AvgIpc) is 2.31. The zero-order valence-corrected chi connectivity index (χ0v) is 12.9. The van der Waals surface area contributed by atoms with E-state index in [9.17, 15) is 5.11 Å². The lowest BCUT2D eigenvalue weighted by Crippen LogP contribution is -2.57. The summed E-state index contributed by atoms with van der Waals surface area (Å²) in [5, 5.41) is 13.1. The third kappa shape index (κ3) is 2.98. The summed E-state index contributed by atoms with van der Waals surface area (Å²) in [4.78, 5) is 4.43. The normalized spacial score (nSPS) is 24.9. The topological polar surface area (TPSA) is 80.4 Å². The van der Waals surface area contributed by atoms with Gasteiger partial charge in [0, 0.05) is 11.5 Å². The van der Waals surface area contributed by atoms with Crippen LogP contribution in [0.2, 0.25) is 0 Å². The number of nitrogens with zero attached hydrogens (tertiary/aromatic N) is 1. The molecule has 112 valence electrons. The molecule has 0 radical (unpaired) electrons. The van der Waals surface area contributed by atoms with Crippen LogP contribution in [0.25, 0.3) is 0 Å². The lowest BCUT2D eigenvalue weighted by Gasteiger charge is -2.49. The van der Waals surface area contributed by atoms with Gasteiger partial charge in [0.1, 0.15) is 11.4 Å². The lowest BCUT2D eigenvalue weighted by molar-refractivity contribution is -0.0511. The molecule has 0 bridgehead atoms. The molecule has 1 aromatic heterocycles. The van der Waals surface area contributed by atoms with Crippen molar-refractivity contribution in [3.8, 4) is 5.88 Å². The van der Waals surface area contributed by atoms with Crippen molar-refractivity contribution in [2.24, 2.45) is 5.41 Å². The molecule has 1 fully saturated rings. The Morgan fingerprint density at radius 1 is 1.40 bits per heavy atom. The number of aromatic nitrogens is 1. The molecule has 5 heteroatoms. The maximum atomic E-state index is 9.77. The van der Waals surface area contributed by atoms with Crippen molar-refractivity contribution in [2.75, 3.05) is 11.1 Å². The first-order valence-electron chi connectivity index (χ1n) is 7.00. The van der Waals surface area contributed by atoms with E-state index in [0.29, 0.717) is 11.6 Å². The van der Waals surface area contributed by atoms with Crippen molar-refractivity contribution in [2.45, 2.75) is 58.8 Å². The second-order valence-electron chi connectivity index (χ2n) is 7.08. The van der Waals surface area contributed by atoms with Crippen LogP contribution in [-0.4, -0.2) is 27.8 Å². The quantitative estimate of drug-likeness (QED) is 0.791. The Morgan fingerprint density at radius 2 is 2.05 bits per heavy atom. The van der Waals surface area contributed by atoms with Crippen LogP contribution in [0.3, 0.4) is 0 Å². The molecule has 1 saturated carbocycles. The number of hydrogen-bond donors (Lipinski definition) is 3. The fourth-order valence-electron chi connectivity index (χ4n) is 2.23. The second-order valence-corrected chi connectivity index (χ2v) is 7.08. The van der Waals surface area contributed by atoms with E-state index in [0.717, 1.165) is 12.2 Å². The maximum Gasteiger partial charge on any atom is 0.239 e. The SMILES string of the molecule is CC(C)(C)Oc1nc(NC2CC(O)C2(C)C)ccc1N. The molecule has 5 nitrogen and oxygen atoms in total. The molecule has 0 spiro atoms. The predicted octanol–water partition coefficient (Wildman–Crippen LogP) is 2.41. The van der Waals surface area contributed by atoms with Gasteiger partial charge in [-0.3, -0.25) is 0 Å². The Balaban J connectivity index is 2.12. The van der Waals surface area contributed by atoms with Crippen LogP contribution in [0.5, 0.6) is 5.88 Å². The van der Waals surface area contributed by atoms with Crippen LogP contribution >= 0.6 is 0 Å². The first-order chi connectivity index (χ1) is 9.09. The number of ether oxygens (including phenoxy) is 1. The van der Waals surface area contributed by atoms with Crippen LogP contribution in [0.4, 0.5) is 11.5 Å². The molecule has 2 rings (SSSR count). The van der Waals surface area contributed by atoms with Gasteiger partial charge in [-0.2, -0.15) is 4.98 Å². The van der Waals surface area contributed by atoms with Gasteiger partial charge in [-0.15, -0.1) is 0 Å². The number of anilines is 2. The molecular formula is C15H25N3O2. The number of nitrogens with one attached hydrogen (secondary N) is 1. The molecule has 2 unspecified atom stereocenters. The van der Waals surface area contributed by atoms with Crippen molar-refractivity contribution in [3.63, 3.8) is 0 Å². The Hall–Kier alpha value is -1.49. The molecule has 0 aliphatic heterocycles. The molecule has 0 aromatic carbocycles. The minimum absolute atomic E-state index is 0.145. The minimum Gasteiger partial charge on any atom is -0.470 e. The van der Waals surface area contributed by atoms with Gasteiger partial charge in [-0.25, -0.2) is 0 Å². The number of rotatable bonds is 3. The number of nitrogens with two attached hydrogens (primary N) is 1. The van der Waals surface area contributed by atoms with Crippen molar-refractivity contribution in [3.05, 3.63) is 12.1 Å². The van der Waals surface area contributed by atoms with Crippen LogP contribution in [0, 0.1) is 5.41 Å². The summed E-state index contributed by atoms with van der Waals surface area (Å²) in [6.07, 6.45) is 0.466. The standard InChI is InChI=1S/C15H25N3O2/c1-14(2,3)20-13-9(16)6-7-12(18-13)17-10-8-11(19)15(10,4)5/h6-7,10-11,19H,8,16H2,1-5H3,(H,17,18). The van der Waals surface area contributed by atoms with E-state index in [-0.39, 0.29) is 23.2 Å². The van der Waals surface area contributed by atoms with Gasteiger partial charge in [0.15, 0.2) is 0 Å². The Labute approximate surface area is 120 Å². The fourth-order valence-corrected chi connectivity index (χ4v) is 2.23. The Morgan fingerprint density at radius 3 is 2.55 bits per heavy atom. The Kier molecular flexibility index (Phi) is 3.58. The molecule has 4 N–H and O–H groups in total. The summed E-state index contributed by atoms with van der Waals surface area (Å²) in [5.41, 5.74) is 5.93. The Bertz CT molecular complexity index is 494. The second kappa shape index (κ2) is 4.81. The first kappa shape index (κ1) is 14.9. The van der Waals surface area contributed by atoms with Crippen LogP contribution in [-0.2, 0) is 0 Å². The van der Waals surface area contributed by atoms with Crippen LogP contribution in [0.1, 0.15) is 41.0 Å². The van der Waals surface area contributed by atoms with Crippen molar-refractivity contribution < 1.29 is 9.84 Å². The number of aliphatic hydroxyl groups is 1. The largest absolute Gasteiger partial charge is 0.470 e. The molecule has 1 aliphatic carbocycles. The van der Waals surface area contributed by atoms with E-state index in [1.807, 2.05) is 40.7 Å². The highest BCUT2D eigenvalue weighted by Crippen LogP contribution is 2.42. The first-order valence-corrected chi connectivity index (χ1v) is 7.00. The van der Waals surface area contributed by atoms with Crippen molar-refractivity contribution >= 4 is 11.5 Å². The zero-order valence-electron chi connectivity index (χ0n) is 12.9. The van der Waals surface area contributed by atoms with E-state index in [1.54, 1.807) is 6.07 Å². The molecule has 2 atom stereocenters. The fraction of sp³-hybridized carbons (Fsp3) is 0.667. The lowest BCUT2D eigenvalue weighted by atomic mass is 9.64. The smallest absolute Gasteiger partial charge is 0.239 e. The summed E-state index contributed by atoms with van der Waals surface area (Å²) in [6, 6.07) is 3.83. The molecular weight excluding hydrogens is 254 g/mol. The highest BCUT2D eigenvalue weighted by Gasteiger charge is 2.47. The summed E-state index contributed by atoms with van der Waals surface area (Å²) in [5.74, 6) is 1.17. The van der Waals surface area contributed by atoms with E-state index in [4.69, 9.17) is 10.5 Å². The number of hydrogen-bond acceptors (Lipinski definition) is 5. The highest BCUT2D eigenvalue weighted by molar-refractivity contribution is 5.54. The van der Waals surface area contributed by atoms with Crippen molar-refractivity contribution in [1.29, 1.82) is 0 Å². The monoisotopic (exact) mass is 279 g/mol. The molecule has 0 amide bonds. The van der Waals surface area contributed by atoms with Gasteiger partial charge < -0.3 is 20.9 Å². The van der Waals surface area contributed by atoms with Gasteiger partial charge in [-0.05, 0) is 39.3 Å². The minimum atomic E-state index is -0.342. The van der Waals surface area contributed by atoms with Crippen LogP contribution < -0.4 is 15.8 Å². The molecule has 1 heterocycles. The predicted molar refractivity (Wildman–Crippen MR) is 80.8 cm³/mol. The summed E-state index contributed by atoms with van der Waals surface area (Å²) in [7, 11) is 0. The van der Waals surface area contributed by atoms with E-state index < -0.39 is 0 Å². The van der Waals surface area contributed by atoms with E-state index in [2.05, 4.69) is 10.3 Å². The van der Waals surface area contributed by atoms with E-state index >= 15 is 0 Å². The number of aliphatic hydroxyl groups excluding tert-OH is 1. The molecule has 1 aromatic rings. The van der Waals surface area contributed by atoms with Gasteiger partial charge in [0.05, 0.1) is 11.8 Å². The third-order valence-electron chi connectivity index (χ3n) is 3.83. The van der Waals surface area contributed by atoms with E-state index in [1.165, 1.54) is 0 Å². The molecule has 0 saturated heterocycles. The zero-order chi connectivity index (χ0) is 15.1. The third-order valence-corrected chi connectivity index (χ3v) is 3.83. The van der Waals surface area contributed by atoms with Gasteiger partial charge in [-0.1, -0.05) is 13.8 Å². The van der Waals surface area contributed by atoms with Crippen molar-refractivity contribution in [1.82, 2.24) is 4.98 Å². The van der Waals surface area contributed by atoms with Crippen LogP contribution in [0.15, 0.2) is 12.1 Å². The average molecular weight is 279 g/mol. The summed E-state index contributed by atoms with van der Waals surface area (Å²) < 4.78 is 5.75. The van der Waals surface area contributed by atoms with Gasteiger partial charge in [0.25, 0.3) is 0 Å². The van der Waals surface area contributed by atoms with Gasteiger partial charge in [0.2, 0.25) is 5.88 Å². The summed E-state index contributed by atoms with van der Waals surface area (Å²) >= 11 is 0. The highest BCUT2D eigenvalue weighted by atomic mass is 16.5. The summed E-state index contributed by atoms with van der Waals surface area (Å²) in [6.45, 7) is 9.96. The van der Waals surface area contributed by atoms with Gasteiger partial charge >= 0.3 is 0 Å². The number of nitrogen functional groups attached to an aromatic ring is 1. The maximum absolute atomic E-state index is 9.77. The number of pyridine rings is 1. The molecule has 20 heavy (non-hydrogen) atoms.